The summed E-state index contributed by atoms with van der Waals surface area (Å²) in [6.45, 7) is 2.46. The lowest BCUT2D eigenvalue weighted by atomic mass is 10.0. The smallest absolute Gasteiger partial charge is 0.420 e. The predicted molar refractivity (Wildman–Crippen MR) is 168 cm³/mol. The summed E-state index contributed by atoms with van der Waals surface area (Å²) >= 11 is 0. The second kappa shape index (κ2) is 16.3. The Balaban J connectivity index is 1.22. The molecule has 0 amide bonds. The molecule has 3 aromatic carbocycles. The van der Waals surface area contributed by atoms with Gasteiger partial charge in [0.15, 0.2) is 0 Å². The van der Waals surface area contributed by atoms with Crippen molar-refractivity contribution in [1.29, 1.82) is 0 Å². The molecule has 0 bridgehead atoms. The Kier molecular flexibility index (Phi) is 11.9. The third kappa shape index (κ3) is 11.4. The van der Waals surface area contributed by atoms with Crippen molar-refractivity contribution in [2.75, 3.05) is 26.4 Å². The van der Waals surface area contributed by atoms with E-state index in [1.54, 1.807) is 48.5 Å². The SMILES string of the molecule is O=C(/C=C/c1ccc(OCCCC2CO2)cc1)Oc1ccc(OC(=O)/C=C/c2ccc(OCCCC3CO3)cc2)c(C(F)(F)F)c1C(F)(F)F. The van der Waals surface area contributed by atoms with Crippen LogP contribution in [0.5, 0.6) is 23.0 Å². The third-order valence-corrected chi connectivity index (χ3v) is 7.38. The van der Waals surface area contributed by atoms with Gasteiger partial charge in [-0.05, 0) is 85.4 Å². The Labute approximate surface area is 283 Å². The van der Waals surface area contributed by atoms with Crippen molar-refractivity contribution in [2.45, 2.75) is 50.2 Å². The molecule has 0 radical (unpaired) electrons. The van der Waals surface area contributed by atoms with Crippen LogP contribution >= 0.6 is 0 Å². The summed E-state index contributed by atoms with van der Waals surface area (Å²) in [4.78, 5) is 24.8. The number of ether oxygens (including phenoxy) is 6. The molecule has 2 aliphatic rings. The van der Waals surface area contributed by atoms with Crippen molar-refractivity contribution in [3.8, 4) is 23.0 Å². The van der Waals surface area contributed by atoms with E-state index >= 15 is 0 Å². The van der Waals surface area contributed by atoms with Crippen LogP contribution in [0.3, 0.4) is 0 Å². The second-order valence-electron chi connectivity index (χ2n) is 11.3. The fourth-order valence-corrected chi connectivity index (χ4v) is 4.73. The van der Waals surface area contributed by atoms with Gasteiger partial charge < -0.3 is 28.4 Å². The summed E-state index contributed by atoms with van der Waals surface area (Å²) in [7, 11) is 0. The maximum atomic E-state index is 14.1. The van der Waals surface area contributed by atoms with E-state index in [0.717, 1.165) is 51.0 Å². The Morgan fingerprint density at radius 2 is 0.980 bits per heavy atom. The Bertz CT molecular complexity index is 1550. The zero-order valence-corrected chi connectivity index (χ0v) is 26.4. The molecule has 0 spiro atoms. The van der Waals surface area contributed by atoms with Crippen molar-refractivity contribution in [3.05, 3.63) is 95.1 Å². The highest BCUT2D eigenvalue weighted by Gasteiger charge is 2.48. The summed E-state index contributed by atoms with van der Waals surface area (Å²) in [5.74, 6) is -4.47. The average molecular weight is 707 g/mol. The first-order chi connectivity index (χ1) is 23.8. The zero-order chi connectivity index (χ0) is 35.7. The van der Waals surface area contributed by atoms with Crippen molar-refractivity contribution in [2.24, 2.45) is 0 Å². The lowest BCUT2D eigenvalue weighted by molar-refractivity contribution is -0.164. The number of halogens is 6. The van der Waals surface area contributed by atoms with Gasteiger partial charge in [0.2, 0.25) is 0 Å². The van der Waals surface area contributed by atoms with Crippen LogP contribution < -0.4 is 18.9 Å². The van der Waals surface area contributed by atoms with E-state index in [-0.39, 0.29) is 0 Å². The molecular formula is C36H32F6O8. The van der Waals surface area contributed by atoms with Crippen LogP contribution in [0.4, 0.5) is 26.3 Å². The molecule has 266 valence electrons. The Morgan fingerprint density at radius 3 is 1.30 bits per heavy atom. The molecule has 2 heterocycles. The van der Waals surface area contributed by atoms with Crippen molar-refractivity contribution in [1.82, 2.24) is 0 Å². The fourth-order valence-electron chi connectivity index (χ4n) is 4.73. The van der Waals surface area contributed by atoms with Gasteiger partial charge in [-0.2, -0.15) is 26.3 Å². The van der Waals surface area contributed by atoms with E-state index in [9.17, 15) is 35.9 Å². The normalized spacial score (nSPS) is 17.2. The maximum absolute atomic E-state index is 14.1. The quantitative estimate of drug-likeness (QED) is 0.0369. The van der Waals surface area contributed by atoms with Gasteiger partial charge in [-0.15, -0.1) is 0 Å². The highest BCUT2D eigenvalue weighted by molar-refractivity contribution is 5.90. The van der Waals surface area contributed by atoms with Gasteiger partial charge in [0.05, 0.1) is 38.6 Å². The molecule has 2 unspecified atom stereocenters. The number of rotatable bonds is 16. The van der Waals surface area contributed by atoms with E-state index in [0.29, 0.717) is 60.2 Å². The molecule has 2 fully saturated rings. The van der Waals surface area contributed by atoms with Crippen LogP contribution in [0, 0.1) is 0 Å². The summed E-state index contributed by atoms with van der Waals surface area (Å²) in [5.41, 5.74) is -3.75. The summed E-state index contributed by atoms with van der Waals surface area (Å²) < 4.78 is 115. The summed E-state index contributed by atoms with van der Waals surface area (Å²) in [6.07, 6.45) is -3.39. The minimum absolute atomic E-state index is 0.292. The molecule has 2 atom stereocenters. The van der Waals surface area contributed by atoms with E-state index in [1.807, 2.05) is 0 Å². The minimum Gasteiger partial charge on any atom is -0.494 e. The van der Waals surface area contributed by atoms with Gasteiger partial charge in [-0.3, -0.25) is 0 Å². The van der Waals surface area contributed by atoms with Crippen LogP contribution in [0.15, 0.2) is 72.8 Å². The van der Waals surface area contributed by atoms with E-state index in [1.165, 1.54) is 12.2 Å². The Morgan fingerprint density at radius 1 is 0.620 bits per heavy atom. The number of esters is 2. The van der Waals surface area contributed by atoms with Crippen LogP contribution in [-0.2, 0) is 31.4 Å². The first kappa shape index (κ1) is 36.5. The van der Waals surface area contributed by atoms with E-state index in [4.69, 9.17) is 28.4 Å². The van der Waals surface area contributed by atoms with Crippen LogP contribution in [0.1, 0.15) is 47.9 Å². The van der Waals surface area contributed by atoms with E-state index in [2.05, 4.69) is 0 Å². The van der Waals surface area contributed by atoms with Gasteiger partial charge in [-0.25, -0.2) is 9.59 Å². The molecule has 14 heteroatoms. The monoisotopic (exact) mass is 706 g/mol. The maximum Gasteiger partial charge on any atom is 0.420 e. The first-order valence-electron chi connectivity index (χ1n) is 15.7. The minimum atomic E-state index is -5.65. The first-order valence-corrected chi connectivity index (χ1v) is 15.7. The van der Waals surface area contributed by atoms with Crippen LogP contribution in [0.25, 0.3) is 12.2 Å². The lowest BCUT2D eigenvalue weighted by Gasteiger charge is -2.21. The number of carbonyl (C=O) groups is 2. The van der Waals surface area contributed by atoms with E-state index < -0.39 is 46.9 Å². The highest BCUT2D eigenvalue weighted by atomic mass is 19.4. The number of alkyl halides is 6. The van der Waals surface area contributed by atoms with Gasteiger partial charge >= 0.3 is 24.3 Å². The topological polar surface area (TPSA) is 96.1 Å². The number of hydrogen-bond donors (Lipinski definition) is 0. The van der Waals surface area contributed by atoms with Gasteiger partial charge in [0, 0.05) is 12.2 Å². The summed E-state index contributed by atoms with van der Waals surface area (Å²) in [5, 5.41) is 0. The Hall–Kier alpha value is -4.82. The van der Waals surface area contributed by atoms with Gasteiger partial charge in [0.25, 0.3) is 0 Å². The average Bonchev–Trinajstić information content (AvgIpc) is 4.00. The number of hydrogen-bond acceptors (Lipinski definition) is 8. The fraction of sp³-hybridized carbons (Fsp3) is 0.333. The molecule has 0 N–H and O–H groups in total. The predicted octanol–water partition coefficient (Wildman–Crippen LogP) is 8.08. The molecule has 2 aliphatic heterocycles. The highest BCUT2D eigenvalue weighted by Crippen LogP contribution is 2.49. The number of carbonyl (C=O) groups excluding carboxylic acids is 2. The zero-order valence-electron chi connectivity index (χ0n) is 26.4. The number of benzene rings is 3. The van der Waals surface area contributed by atoms with Crippen LogP contribution in [-0.4, -0.2) is 50.6 Å². The summed E-state index contributed by atoms with van der Waals surface area (Å²) in [6, 6.07) is 13.7. The number of epoxide rings is 2. The molecule has 8 nitrogen and oxygen atoms in total. The standard InChI is InChI=1S/C36H32F6O8/c37-35(38,39)33-29(49-31(43)17-9-23-5-11-25(12-6-23)45-19-1-3-27-21-47-27)15-16-30(34(33)36(40,41)42)50-32(44)18-10-24-7-13-26(14-8-24)46-20-2-4-28-22-48-28/h5-18,27-28H,1-4,19-22H2/b17-9+,18-10+. The molecule has 3 aromatic rings. The molecule has 2 saturated heterocycles. The van der Waals surface area contributed by atoms with Gasteiger partial charge in [-0.1, -0.05) is 24.3 Å². The molecule has 0 saturated carbocycles. The molecule has 0 aliphatic carbocycles. The van der Waals surface area contributed by atoms with Crippen molar-refractivity contribution < 1.29 is 64.4 Å². The molecular weight excluding hydrogens is 674 g/mol. The van der Waals surface area contributed by atoms with Crippen molar-refractivity contribution >= 4 is 24.1 Å². The van der Waals surface area contributed by atoms with Crippen molar-refractivity contribution in [3.63, 3.8) is 0 Å². The largest absolute Gasteiger partial charge is 0.494 e. The lowest BCUT2D eigenvalue weighted by Crippen LogP contribution is -2.21. The third-order valence-electron chi connectivity index (χ3n) is 7.38. The van der Waals surface area contributed by atoms with Gasteiger partial charge in [0.1, 0.15) is 34.1 Å². The molecule has 50 heavy (non-hydrogen) atoms. The molecule has 5 rings (SSSR count). The molecule has 0 aromatic heterocycles. The second-order valence-corrected chi connectivity index (χ2v) is 11.3. The van der Waals surface area contributed by atoms with Crippen LogP contribution in [0.2, 0.25) is 0 Å².